The Balaban J connectivity index is 1.81. The average Bonchev–Trinajstić information content (AvgIpc) is 2.92. The monoisotopic (exact) mass is 221 g/mol. The van der Waals surface area contributed by atoms with Gasteiger partial charge in [0, 0.05) is 5.92 Å². The van der Waals surface area contributed by atoms with Crippen molar-refractivity contribution in [2.75, 3.05) is 13.2 Å². The molecule has 0 radical (unpaired) electrons. The highest BCUT2D eigenvalue weighted by atomic mass is 16.6. The maximum absolute atomic E-state index is 12.2. The number of rotatable bonds is 1. The molecule has 1 saturated carbocycles. The van der Waals surface area contributed by atoms with Crippen molar-refractivity contribution in [3.8, 4) is 0 Å². The van der Waals surface area contributed by atoms with E-state index in [0.717, 1.165) is 6.42 Å². The number of imide groups is 1. The second-order valence-electron chi connectivity index (χ2n) is 4.94. The molecular formula is C12H15NO3. The van der Waals surface area contributed by atoms with Crippen LogP contribution in [0.5, 0.6) is 0 Å². The smallest absolute Gasteiger partial charge is 0.416 e. The van der Waals surface area contributed by atoms with E-state index in [0.29, 0.717) is 30.9 Å². The van der Waals surface area contributed by atoms with Crippen LogP contribution in [-0.2, 0) is 9.53 Å². The Kier molecular flexibility index (Phi) is 2.06. The van der Waals surface area contributed by atoms with Gasteiger partial charge < -0.3 is 4.74 Å². The van der Waals surface area contributed by atoms with E-state index in [1.165, 1.54) is 4.90 Å². The number of amides is 2. The number of carbonyl (C=O) groups excluding carboxylic acids is 2. The molecular weight excluding hydrogens is 206 g/mol. The summed E-state index contributed by atoms with van der Waals surface area (Å²) < 4.78 is 4.81. The highest BCUT2D eigenvalue weighted by Crippen LogP contribution is 2.48. The normalized spacial score (nSPS) is 40.6. The second-order valence-corrected chi connectivity index (χ2v) is 4.94. The van der Waals surface area contributed by atoms with Gasteiger partial charge in [0.1, 0.15) is 6.61 Å². The quantitative estimate of drug-likeness (QED) is 0.629. The molecule has 0 aromatic rings. The number of nitrogens with zero attached hydrogens (tertiary/aromatic N) is 1. The van der Waals surface area contributed by atoms with E-state index < -0.39 is 6.09 Å². The standard InChI is InChI=1S/C12H15NO3/c1-7-8-2-3-9(6-8)10(7)11(14)13-4-5-16-12(13)15/h2-3,7-10H,4-6H2,1H3/t7-,8?,9?,10+/m0/s1. The molecule has 2 aliphatic carbocycles. The molecule has 1 aliphatic heterocycles. The minimum Gasteiger partial charge on any atom is -0.447 e. The van der Waals surface area contributed by atoms with Gasteiger partial charge in [-0.05, 0) is 24.2 Å². The van der Waals surface area contributed by atoms with Gasteiger partial charge in [-0.25, -0.2) is 9.69 Å². The second kappa shape index (κ2) is 3.34. The summed E-state index contributed by atoms with van der Waals surface area (Å²) in [6.45, 7) is 2.87. The van der Waals surface area contributed by atoms with Gasteiger partial charge in [-0.15, -0.1) is 0 Å². The van der Waals surface area contributed by atoms with Crippen LogP contribution in [-0.4, -0.2) is 30.1 Å². The summed E-state index contributed by atoms with van der Waals surface area (Å²) in [4.78, 5) is 24.9. The van der Waals surface area contributed by atoms with Crippen LogP contribution in [0.25, 0.3) is 0 Å². The highest BCUT2D eigenvalue weighted by molar-refractivity contribution is 5.94. The number of ether oxygens (including phenoxy) is 1. The topological polar surface area (TPSA) is 46.6 Å². The van der Waals surface area contributed by atoms with Crippen molar-refractivity contribution in [1.29, 1.82) is 0 Å². The molecule has 0 aromatic carbocycles. The van der Waals surface area contributed by atoms with Crippen molar-refractivity contribution >= 4 is 12.0 Å². The van der Waals surface area contributed by atoms with Crippen molar-refractivity contribution < 1.29 is 14.3 Å². The Morgan fingerprint density at radius 1 is 1.44 bits per heavy atom. The van der Waals surface area contributed by atoms with E-state index >= 15 is 0 Å². The molecule has 2 fully saturated rings. The zero-order valence-corrected chi connectivity index (χ0v) is 9.26. The van der Waals surface area contributed by atoms with E-state index in [1.54, 1.807) is 0 Å². The Hall–Kier alpha value is -1.32. The first-order chi connectivity index (χ1) is 7.68. The summed E-state index contributed by atoms with van der Waals surface area (Å²) in [6, 6.07) is 0. The van der Waals surface area contributed by atoms with Crippen LogP contribution in [0, 0.1) is 23.7 Å². The molecule has 2 unspecified atom stereocenters. The molecule has 1 saturated heterocycles. The summed E-state index contributed by atoms with van der Waals surface area (Å²) in [7, 11) is 0. The fourth-order valence-corrected chi connectivity index (χ4v) is 3.25. The number of allylic oxidation sites excluding steroid dienone is 2. The first-order valence-corrected chi connectivity index (χ1v) is 5.85. The van der Waals surface area contributed by atoms with Crippen LogP contribution in [0.15, 0.2) is 12.2 Å². The van der Waals surface area contributed by atoms with Gasteiger partial charge in [0.25, 0.3) is 0 Å². The molecule has 3 aliphatic rings. The fraction of sp³-hybridized carbons (Fsp3) is 0.667. The molecule has 1 heterocycles. The minimum absolute atomic E-state index is 0.0133. The molecule has 2 amide bonds. The third kappa shape index (κ3) is 1.22. The van der Waals surface area contributed by atoms with Crippen LogP contribution in [0.2, 0.25) is 0 Å². The number of carbonyl (C=O) groups is 2. The first-order valence-electron chi connectivity index (χ1n) is 5.85. The predicted molar refractivity (Wildman–Crippen MR) is 56.5 cm³/mol. The highest BCUT2D eigenvalue weighted by Gasteiger charge is 2.48. The molecule has 0 spiro atoms. The molecule has 16 heavy (non-hydrogen) atoms. The van der Waals surface area contributed by atoms with Gasteiger partial charge in [-0.3, -0.25) is 4.79 Å². The van der Waals surface area contributed by atoms with Crippen molar-refractivity contribution in [3.63, 3.8) is 0 Å². The van der Waals surface area contributed by atoms with Gasteiger partial charge in [-0.1, -0.05) is 19.1 Å². The van der Waals surface area contributed by atoms with Crippen molar-refractivity contribution in [2.24, 2.45) is 23.7 Å². The Morgan fingerprint density at radius 2 is 2.19 bits per heavy atom. The molecule has 4 heteroatoms. The average molecular weight is 221 g/mol. The van der Waals surface area contributed by atoms with Gasteiger partial charge >= 0.3 is 6.09 Å². The molecule has 2 bridgehead atoms. The molecule has 4 nitrogen and oxygen atoms in total. The summed E-state index contributed by atoms with van der Waals surface area (Å²) in [6.07, 6.45) is 4.94. The summed E-state index contributed by atoms with van der Waals surface area (Å²) in [5.41, 5.74) is 0. The number of hydrogen-bond donors (Lipinski definition) is 0. The van der Waals surface area contributed by atoms with Crippen molar-refractivity contribution in [2.45, 2.75) is 13.3 Å². The minimum atomic E-state index is -0.469. The van der Waals surface area contributed by atoms with E-state index in [9.17, 15) is 9.59 Å². The predicted octanol–water partition coefficient (Wildman–Crippen LogP) is 1.42. The van der Waals surface area contributed by atoms with Crippen LogP contribution in [0.1, 0.15) is 13.3 Å². The third-order valence-corrected chi connectivity index (χ3v) is 4.16. The van der Waals surface area contributed by atoms with E-state index in [-0.39, 0.29) is 11.8 Å². The molecule has 86 valence electrons. The lowest BCUT2D eigenvalue weighted by molar-refractivity contribution is -0.134. The SMILES string of the molecule is C[C@H]1C2C=CC(C2)[C@@H]1C(=O)N1CCOC1=O. The lowest BCUT2D eigenvalue weighted by atomic mass is 9.83. The summed E-state index contributed by atoms with van der Waals surface area (Å²) >= 11 is 0. The number of cyclic esters (lactones) is 1. The third-order valence-electron chi connectivity index (χ3n) is 4.16. The van der Waals surface area contributed by atoms with E-state index in [4.69, 9.17) is 4.74 Å². The van der Waals surface area contributed by atoms with Crippen LogP contribution < -0.4 is 0 Å². The van der Waals surface area contributed by atoms with Crippen molar-refractivity contribution in [1.82, 2.24) is 4.90 Å². The summed E-state index contributed by atoms with van der Waals surface area (Å²) in [5.74, 6) is 1.17. The van der Waals surface area contributed by atoms with Gasteiger partial charge in [-0.2, -0.15) is 0 Å². The molecule has 3 rings (SSSR count). The lowest BCUT2D eigenvalue weighted by Crippen LogP contribution is -2.40. The van der Waals surface area contributed by atoms with Gasteiger partial charge in [0.05, 0.1) is 6.54 Å². The Bertz CT molecular complexity index is 376. The van der Waals surface area contributed by atoms with Crippen molar-refractivity contribution in [3.05, 3.63) is 12.2 Å². The summed E-state index contributed by atoms with van der Waals surface area (Å²) in [5, 5.41) is 0. The maximum Gasteiger partial charge on any atom is 0.416 e. The zero-order valence-electron chi connectivity index (χ0n) is 9.26. The maximum atomic E-state index is 12.2. The molecule has 0 N–H and O–H groups in total. The first kappa shape index (κ1) is 9.87. The van der Waals surface area contributed by atoms with Crippen LogP contribution >= 0.6 is 0 Å². The molecule has 4 atom stereocenters. The Labute approximate surface area is 94.2 Å². The lowest BCUT2D eigenvalue weighted by Gasteiger charge is -2.26. The number of hydrogen-bond acceptors (Lipinski definition) is 3. The largest absolute Gasteiger partial charge is 0.447 e. The number of fused-ring (bicyclic) bond motifs is 2. The fourth-order valence-electron chi connectivity index (χ4n) is 3.25. The van der Waals surface area contributed by atoms with Crippen LogP contribution in [0.4, 0.5) is 4.79 Å². The molecule has 0 aromatic heterocycles. The van der Waals surface area contributed by atoms with Gasteiger partial charge in [0.15, 0.2) is 0 Å². The van der Waals surface area contributed by atoms with Crippen LogP contribution in [0.3, 0.4) is 0 Å². The zero-order chi connectivity index (χ0) is 11.3. The Morgan fingerprint density at radius 3 is 2.75 bits per heavy atom. The van der Waals surface area contributed by atoms with E-state index in [2.05, 4.69) is 19.1 Å². The van der Waals surface area contributed by atoms with Gasteiger partial charge in [0.2, 0.25) is 5.91 Å². The van der Waals surface area contributed by atoms with E-state index in [1.807, 2.05) is 0 Å².